The molecule has 4 nitrogen and oxygen atoms in total. The minimum atomic E-state index is -0.484. The lowest BCUT2D eigenvalue weighted by atomic mass is 9.91. The van der Waals surface area contributed by atoms with Gasteiger partial charge in [0.1, 0.15) is 12.1 Å². The van der Waals surface area contributed by atoms with Crippen LogP contribution in [-0.4, -0.2) is 37.9 Å². The molecule has 1 heterocycles. The van der Waals surface area contributed by atoms with Crippen molar-refractivity contribution in [1.29, 1.82) is 0 Å². The zero-order valence-corrected chi connectivity index (χ0v) is 11.1. The third-order valence-electron chi connectivity index (χ3n) is 3.17. The van der Waals surface area contributed by atoms with Crippen molar-refractivity contribution in [2.24, 2.45) is 0 Å². The highest BCUT2D eigenvalue weighted by atomic mass is 16.6. The molecule has 0 aromatic heterocycles. The number of hydrogen-bond acceptors (Lipinski definition) is 4. The van der Waals surface area contributed by atoms with Gasteiger partial charge >= 0.3 is 5.97 Å². The molecular formula is C13H25NO3. The maximum atomic E-state index is 11.9. The molecule has 1 fully saturated rings. The SMILES string of the molecule is CCCCOCCOC(=O)C1(C)CCCCN1. The van der Waals surface area contributed by atoms with E-state index < -0.39 is 5.54 Å². The van der Waals surface area contributed by atoms with Crippen molar-refractivity contribution in [3.63, 3.8) is 0 Å². The van der Waals surface area contributed by atoms with E-state index in [4.69, 9.17) is 9.47 Å². The highest BCUT2D eigenvalue weighted by Gasteiger charge is 2.35. The third-order valence-corrected chi connectivity index (χ3v) is 3.17. The van der Waals surface area contributed by atoms with Crippen LogP contribution in [0.4, 0.5) is 0 Å². The number of nitrogens with one attached hydrogen (secondary N) is 1. The van der Waals surface area contributed by atoms with Crippen molar-refractivity contribution in [2.75, 3.05) is 26.4 Å². The average Bonchev–Trinajstić information content (AvgIpc) is 2.34. The number of esters is 1. The number of rotatable bonds is 7. The van der Waals surface area contributed by atoms with Gasteiger partial charge in [-0.2, -0.15) is 0 Å². The molecule has 0 aromatic rings. The normalized spacial score (nSPS) is 24.6. The van der Waals surface area contributed by atoms with E-state index in [2.05, 4.69) is 12.2 Å². The molecule has 1 saturated heterocycles. The molecule has 0 aromatic carbocycles. The fourth-order valence-electron chi connectivity index (χ4n) is 1.93. The molecule has 1 rings (SSSR count). The van der Waals surface area contributed by atoms with Crippen LogP contribution in [0.25, 0.3) is 0 Å². The molecule has 1 unspecified atom stereocenters. The molecule has 0 radical (unpaired) electrons. The van der Waals surface area contributed by atoms with Crippen LogP contribution < -0.4 is 5.32 Å². The Morgan fingerprint density at radius 1 is 1.29 bits per heavy atom. The molecule has 0 saturated carbocycles. The van der Waals surface area contributed by atoms with Gasteiger partial charge in [0.05, 0.1) is 6.61 Å². The van der Waals surface area contributed by atoms with E-state index >= 15 is 0 Å². The molecule has 1 aliphatic rings. The van der Waals surface area contributed by atoms with Gasteiger partial charge in [-0.25, -0.2) is 0 Å². The summed E-state index contributed by atoms with van der Waals surface area (Å²) in [6.07, 6.45) is 5.28. The highest BCUT2D eigenvalue weighted by Crippen LogP contribution is 2.19. The van der Waals surface area contributed by atoms with Gasteiger partial charge in [-0.1, -0.05) is 13.3 Å². The molecular weight excluding hydrogens is 218 g/mol. The van der Waals surface area contributed by atoms with E-state index in [0.29, 0.717) is 13.2 Å². The van der Waals surface area contributed by atoms with E-state index in [1.54, 1.807) is 0 Å². The Labute approximate surface area is 104 Å². The monoisotopic (exact) mass is 243 g/mol. The average molecular weight is 243 g/mol. The molecule has 17 heavy (non-hydrogen) atoms. The van der Waals surface area contributed by atoms with Gasteiger partial charge in [-0.3, -0.25) is 4.79 Å². The number of piperidine rings is 1. The summed E-state index contributed by atoms with van der Waals surface area (Å²) in [5, 5.41) is 3.24. The number of carbonyl (C=O) groups is 1. The molecule has 0 aliphatic carbocycles. The first-order valence-corrected chi connectivity index (χ1v) is 6.69. The second-order valence-electron chi connectivity index (χ2n) is 4.82. The molecule has 0 bridgehead atoms. The predicted octanol–water partition coefficient (Wildman–Crippen LogP) is 1.88. The Kier molecular flexibility index (Phi) is 6.52. The number of ether oxygens (including phenoxy) is 2. The van der Waals surface area contributed by atoms with E-state index in [0.717, 1.165) is 45.3 Å². The number of unbranched alkanes of at least 4 members (excludes halogenated alkanes) is 1. The van der Waals surface area contributed by atoms with Crippen LogP contribution in [0.15, 0.2) is 0 Å². The third kappa shape index (κ3) is 5.04. The maximum absolute atomic E-state index is 11.9. The number of carbonyl (C=O) groups excluding carboxylic acids is 1. The smallest absolute Gasteiger partial charge is 0.326 e. The summed E-state index contributed by atoms with van der Waals surface area (Å²) in [6.45, 7) is 6.56. The first kappa shape index (κ1) is 14.5. The van der Waals surface area contributed by atoms with Gasteiger partial charge in [0.25, 0.3) is 0 Å². The van der Waals surface area contributed by atoms with Crippen molar-refractivity contribution in [3.8, 4) is 0 Å². The Balaban J connectivity index is 2.11. The van der Waals surface area contributed by atoms with Crippen LogP contribution >= 0.6 is 0 Å². The van der Waals surface area contributed by atoms with E-state index in [9.17, 15) is 4.79 Å². The van der Waals surface area contributed by atoms with Crippen molar-refractivity contribution >= 4 is 5.97 Å². The predicted molar refractivity (Wildman–Crippen MR) is 66.9 cm³/mol. The minimum Gasteiger partial charge on any atom is -0.462 e. The summed E-state index contributed by atoms with van der Waals surface area (Å²) in [4.78, 5) is 11.9. The molecule has 1 atom stereocenters. The Morgan fingerprint density at radius 2 is 2.12 bits per heavy atom. The van der Waals surface area contributed by atoms with Gasteiger partial charge in [0.15, 0.2) is 0 Å². The Morgan fingerprint density at radius 3 is 2.76 bits per heavy atom. The van der Waals surface area contributed by atoms with Crippen LogP contribution in [0.1, 0.15) is 46.0 Å². The van der Waals surface area contributed by atoms with Crippen LogP contribution in [0.2, 0.25) is 0 Å². The van der Waals surface area contributed by atoms with Crippen LogP contribution in [-0.2, 0) is 14.3 Å². The van der Waals surface area contributed by atoms with Crippen molar-refractivity contribution in [1.82, 2.24) is 5.32 Å². The molecule has 4 heteroatoms. The quantitative estimate of drug-likeness (QED) is 0.548. The zero-order chi connectivity index (χ0) is 12.6. The van der Waals surface area contributed by atoms with E-state index in [1.807, 2.05) is 6.92 Å². The topological polar surface area (TPSA) is 47.6 Å². The zero-order valence-electron chi connectivity index (χ0n) is 11.1. The van der Waals surface area contributed by atoms with Crippen LogP contribution in [0.5, 0.6) is 0 Å². The number of hydrogen-bond donors (Lipinski definition) is 1. The fourth-order valence-corrected chi connectivity index (χ4v) is 1.93. The summed E-state index contributed by atoms with van der Waals surface area (Å²) in [5.41, 5.74) is -0.484. The standard InChI is InChI=1S/C13H25NO3/c1-3-4-9-16-10-11-17-12(15)13(2)7-5-6-8-14-13/h14H,3-11H2,1-2H3. The maximum Gasteiger partial charge on any atom is 0.326 e. The van der Waals surface area contributed by atoms with E-state index in [-0.39, 0.29) is 5.97 Å². The van der Waals surface area contributed by atoms with Gasteiger partial charge in [-0.05, 0) is 39.2 Å². The van der Waals surface area contributed by atoms with Gasteiger partial charge in [0, 0.05) is 6.61 Å². The van der Waals surface area contributed by atoms with Gasteiger partial charge in [0.2, 0.25) is 0 Å². The fraction of sp³-hybridized carbons (Fsp3) is 0.923. The second-order valence-corrected chi connectivity index (χ2v) is 4.82. The summed E-state index contributed by atoms with van der Waals surface area (Å²) < 4.78 is 10.6. The largest absolute Gasteiger partial charge is 0.462 e. The Hall–Kier alpha value is -0.610. The molecule has 0 amide bonds. The second kappa shape index (κ2) is 7.67. The minimum absolute atomic E-state index is 0.142. The summed E-state index contributed by atoms with van der Waals surface area (Å²) >= 11 is 0. The van der Waals surface area contributed by atoms with Crippen molar-refractivity contribution in [3.05, 3.63) is 0 Å². The summed E-state index contributed by atoms with van der Waals surface area (Å²) in [6, 6.07) is 0. The summed E-state index contributed by atoms with van der Waals surface area (Å²) in [5.74, 6) is -0.142. The summed E-state index contributed by atoms with van der Waals surface area (Å²) in [7, 11) is 0. The van der Waals surface area contributed by atoms with Crippen LogP contribution in [0.3, 0.4) is 0 Å². The lowest BCUT2D eigenvalue weighted by Crippen LogP contribution is -2.53. The van der Waals surface area contributed by atoms with Crippen molar-refractivity contribution in [2.45, 2.75) is 51.5 Å². The molecule has 100 valence electrons. The first-order valence-electron chi connectivity index (χ1n) is 6.69. The van der Waals surface area contributed by atoms with E-state index in [1.165, 1.54) is 0 Å². The lowest BCUT2D eigenvalue weighted by molar-refractivity contribution is -0.153. The first-order chi connectivity index (χ1) is 8.19. The van der Waals surface area contributed by atoms with Gasteiger partial charge in [-0.15, -0.1) is 0 Å². The molecule has 1 N–H and O–H groups in total. The van der Waals surface area contributed by atoms with Crippen molar-refractivity contribution < 1.29 is 14.3 Å². The lowest BCUT2D eigenvalue weighted by Gasteiger charge is -2.32. The Bertz CT molecular complexity index is 225. The molecule has 0 spiro atoms. The molecule has 1 aliphatic heterocycles. The van der Waals surface area contributed by atoms with Gasteiger partial charge < -0.3 is 14.8 Å². The van der Waals surface area contributed by atoms with Crippen LogP contribution in [0, 0.1) is 0 Å². The highest BCUT2D eigenvalue weighted by molar-refractivity contribution is 5.80.